The molecular weight excluding hydrogens is 364 g/mol. The zero-order valence-corrected chi connectivity index (χ0v) is 17.0. The second-order valence-corrected chi connectivity index (χ2v) is 8.66. The summed E-state index contributed by atoms with van der Waals surface area (Å²) in [6.07, 6.45) is 0.889. The van der Waals surface area contributed by atoms with Gasteiger partial charge in [0.2, 0.25) is 10.0 Å². The summed E-state index contributed by atoms with van der Waals surface area (Å²) in [6, 6.07) is 11.0. The molecular formula is C20H26N2O4S. The maximum atomic E-state index is 12.8. The van der Waals surface area contributed by atoms with Gasteiger partial charge in [0.1, 0.15) is 11.5 Å². The number of methoxy groups -OCH3 is 1. The summed E-state index contributed by atoms with van der Waals surface area (Å²) in [6.45, 7) is 2.75. The average molecular weight is 391 g/mol. The minimum Gasteiger partial charge on any atom is -0.497 e. The fourth-order valence-corrected chi connectivity index (χ4v) is 4.59. The summed E-state index contributed by atoms with van der Waals surface area (Å²) < 4.78 is 39.1. The number of benzene rings is 2. The molecule has 0 fully saturated rings. The molecule has 0 saturated carbocycles. The van der Waals surface area contributed by atoms with Crippen LogP contribution in [0.3, 0.4) is 0 Å². The fourth-order valence-electron chi connectivity index (χ4n) is 3.33. The van der Waals surface area contributed by atoms with Crippen molar-refractivity contribution in [3.05, 3.63) is 53.1 Å². The van der Waals surface area contributed by atoms with Crippen LogP contribution in [0, 0.1) is 6.92 Å². The van der Waals surface area contributed by atoms with E-state index >= 15 is 0 Å². The SMILES string of the molecule is COc1ccc(S(=O)(=O)NCC(c2ccc3c(c2)CCO3)N(C)C)c(C)c1. The quantitative estimate of drug-likeness (QED) is 0.787. The van der Waals surface area contributed by atoms with Crippen LogP contribution >= 0.6 is 0 Å². The first-order chi connectivity index (χ1) is 12.8. The highest BCUT2D eigenvalue weighted by Gasteiger charge is 2.23. The molecule has 1 atom stereocenters. The highest BCUT2D eigenvalue weighted by Crippen LogP contribution is 2.29. The topological polar surface area (TPSA) is 67.9 Å². The Hall–Kier alpha value is -2.09. The van der Waals surface area contributed by atoms with E-state index in [0.29, 0.717) is 17.9 Å². The third kappa shape index (κ3) is 4.26. The Morgan fingerprint density at radius 3 is 2.67 bits per heavy atom. The van der Waals surface area contributed by atoms with Crippen molar-refractivity contribution in [2.45, 2.75) is 24.3 Å². The number of nitrogens with one attached hydrogen (secondary N) is 1. The number of sulfonamides is 1. The van der Waals surface area contributed by atoms with Crippen LogP contribution in [-0.4, -0.2) is 47.7 Å². The number of ether oxygens (including phenoxy) is 2. The number of aryl methyl sites for hydroxylation is 1. The Morgan fingerprint density at radius 2 is 2.00 bits per heavy atom. The van der Waals surface area contributed by atoms with Crippen LogP contribution < -0.4 is 14.2 Å². The first kappa shape index (κ1) is 19.7. The molecule has 0 saturated heterocycles. The molecule has 3 rings (SSSR count). The Bertz CT molecular complexity index is 926. The second kappa shape index (κ2) is 7.88. The van der Waals surface area contributed by atoms with Crippen molar-refractivity contribution >= 4 is 10.0 Å². The predicted octanol–water partition coefficient (Wildman–Crippen LogP) is 2.52. The van der Waals surface area contributed by atoms with Crippen LogP contribution in [0.2, 0.25) is 0 Å². The Balaban J connectivity index is 1.79. The van der Waals surface area contributed by atoms with E-state index in [-0.39, 0.29) is 17.5 Å². The zero-order chi connectivity index (χ0) is 19.6. The number of hydrogen-bond acceptors (Lipinski definition) is 5. The van der Waals surface area contributed by atoms with Gasteiger partial charge < -0.3 is 14.4 Å². The number of nitrogens with zero attached hydrogens (tertiary/aromatic N) is 1. The van der Waals surface area contributed by atoms with Gasteiger partial charge in [0, 0.05) is 19.0 Å². The second-order valence-electron chi connectivity index (χ2n) is 6.93. The van der Waals surface area contributed by atoms with Crippen molar-refractivity contribution in [1.82, 2.24) is 9.62 Å². The van der Waals surface area contributed by atoms with Gasteiger partial charge in [-0.2, -0.15) is 0 Å². The average Bonchev–Trinajstić information content (AvgIpc) is 3.09. The monoisotopic (exact) mass is 390 g/mol. The predicted molar refractivity (Wildman–Crippen MR) is 105 cm³/mol. The smallest absolute Gasteiger partial charge is 0.240 e. The maximum absolute atomic E-state index is 12.8. The van der Waals surface area contributed by atoms with Gasteiger partial charge in [0.25, 0.3) is 0 Å². The Kier molecular flexibility index (Phi) is 5.74. The third-order valence-electron chi connectivity index (χ3n) is 4.86. The van der Waals surface area contributed by atoms with Crippen molar-refractivity contribution in [2.24, 2.45) is 0 Å². The molecule has 1 aliphatic rings. The van der Waals surface area contributed by atoms with E-state index in [1.54, 1.807) is 32.2 Å². The van der Waals surface area contributed by atoms with Crippen LogP contribution in [-0.2, 0) is 16.4 Å². The van der Waals surface area contributed by atoms with E-state index in [1.807, 2.05) is 31.1 Å². The summed E-state index contributed by atoms with van der Waals surface area (Å²) in [5, 5.41) is 0. The molecule has 0 aliphatic carbocycles. The standard InChI is InChI=1S/C20H26N2O4S/c1-14-11-17(25-4)6-8-20(14)27(23,24)21-13-18(22(2)3)15-5-7-19-16(12-15)9-10-26-19/h5-8,11-12,18,21H,9-10,13H2,1-4H3. The van der Waals surface area contributed by atoms with E-state index in [2.05, 4.69) is 10.8 Å². The Morgan fingerprint density at radius 1 is 1.22 bits per heavy atom. The van der Waals surface area contributed by atoms with Gasteiger partial charge in [-0.25, -0.2) is 13.1 Å². The molecule has 1 heterocycles. The lowest BCUT2D eigenvalue weighted by Gasteiger charge is -2.25. The molecule has 6 nitrogen and oxygen atoms in total. The molecule has 1 unspecified atom stereocenters. The van der Waals surface area contributed by atoms with E-state index in [0.717, 1.165) is 17.7 Å². The van der Waals surface area contributed by atoms with E-state index in [9.17, 15) is 8.42 Å². The number of fused-ring (bicyclic) bond motifs is 1. The molecule has 2 aromatic carbocycles. The van der Waals surface area contributed by atoms with Crippen LogP contribution in [0.15, 0.2) is 41.3 Å². The first-order valence-corrected chi connectivity index (χ1v) is 10.4. The van der Waals surface area contributed by atoms with Gasteiger partial charge in [-0.05, 0) is 62.0 Å². The summed E-state index contributed by atoms with van der Waals surface area (Å²) in [5.74, 6) is 1.56. The lowest BCUT2D eigenvalue weighted by atomic mass is 10.0. The molecule has 2 aromatic rings. The van der Waals surface area contributed by atoms with Crippen LogP contribution in [0.4, 0.5) is 0 Å². The van der Waals surface area contributed by atoms with Gasteiger partial charge in [-0.1, -0.05) is 12.1 Å². The first-order valence-electron chi connectivity index (χ1n) is 8.88. The molecule has 1 N–H and O–H groups in total. The highest BCUT2D eigenvalue weighted by molar-refractivity contribution is 7.89. The third-order valence-corrected chi connectivity index (χ3v) is 6.44. The number of hydrogen-bond donors (Lipinski definition) is 1. The van der Waals surface area contributed by atoms with Gasteiger partial charge in [-0.15, -0.1) is 0 Å². The number of likely N-dealkylation sites (N-methyl/N-ethyl adjacent to an activating group) is 1. The van der Waals surface area contributed by atoms with Crippen LogP contribution in [0.1, 0.15) is 22.7 Å². The largest absolute Gasteiger partial charge is 0.497 e. The van der Waals surface area contributed by atoms with Crippen molar-refractivity contribution in [3.63, 3.8) is 0 Å². The highest BCUT2D eigenvalue weighted by atomic mass is 32.2. The normalized spacial score (nSPS) is 14.7. The minimum absolute atomic E-state index is 0.0794. The number of rotatable bonds is 7. The molecule has 0 amide bonds. The van der Waals surface area contributed by atoms with Crippen molar-refractivity contribution in [3.8, 4) is 11.5 Å². The summed E-state index contributed by atoms with van der Waals surface area (Å²) in [7, 11) is 1.83. The van der Waals surface area contributed by atoms with Gasteiger partial charge in [0.05, 0.1) is 18.6 Å². The summed E-state index contributed by atoms with van der Waals surface area (Å²) in [5.41, 5.74) is 2.89. The molecule has 1 aliphatic heterocycles. The van der Waals surface area contributed by atoms with Gasteiger partial charge >= 0.3 is 0 Å². The zero-order valence-electron chi connectivity index (χ0n) is 16.2. The van der Waals surface area contributed by atoms with Crippen LogP contribution in [0.5, 0.6) is 11.5 Å². The van der Waals surface area contributed by atoms with Crippen molar-refractivity contribution in [1.29, 1.82) is 0 Å². The lowest BCUT2D eigenvalue weighted by molar-refractivity contribution is 0.299. The molecule has 0 aromatic heterocycles. The molecule has 0 radical (unpaired) electrons. The van der Waals surface area contributed by atoms with E-state index in [1.165, 1.54) is 5.56 Å². The molecule has 0 spiro atoms. The van der Waals surface area contributed by atoms with Gasteiger partial charge in [0.15, 0.2) is 0 Å². The van der Waals surface area contributed by atoms with Gasteiger partial charge in [-0.3, -0.25) is 0 Å². The molecule has 0 bridgehead atoms. The molecule has 7 heteroatoms. The molecule has 146 valence electrons. The van der Waals surface area contributed by atoms with Crippen molar-refractivity contribution in [2.75, 3.05) is 34.4 Å². The Labute approximate surface area is 161 Å². The summed E-state index contributed by atoms with van der Waals surface area (Å²) in [4.78, 5) is 2.28. The van der Waals surface area contributed by atoms with E-state index in [4.69, 9.17) is 9.47 Å². The van der Waals surface area contributed by atoms with Crippen LogP contribution in [0.25, 0.3) is 0 Å². The minimum atomic E-state index is -3.62. The maximum Gasteiger partial charge on any atom is 0.240 e. The fraction of sp³-hybridized carbons (Fsp3) is 0.400. The van der Waals surface area contributed by atoms with E-state index < -0.39 is 10.0 Å². The van der Waals surface area contributed by atoms with Crippen molar-refractivity contribution < 1.29 is 17.9 Å². The summed E-state index contributed by atoms with van der Waals surface area (Å²) >= 11 is 0. The lowest BCUT2D eigenvalue weighted by Crippen LogP contribution is -2.34. The molecule has 27 heavy (non-hydrogen) atoms.